The lowest BCUT2D eigenvalue weighted by atomic mass is 10.2. The average Bonchev–Trinajstić information content (AvgIpc) is 2.74. The highest BCUT2D eigenvalue weighted by molar-refractivity contribution is 6.30. The highest BCUT2D eigenvalue weighted by atomic mass is 35.5. The van der Waals surface area contributed by atoms with Crippen LogP contribution in [-0.2, 0) is 12.7 Å². The van der Waals surface area contributed by atoms with E-state index >= 15 is 0 Å². The van der Waals surface area contributed by atoms with Gasteiger partial charge in [-0.15, -0.1) is 0 Å². The zero-order chi connectivity index (χ0) is 17.6. The molecule has 3 rings (SSSR count). The first-order chi connectivity index (χ1) is 11.1. The average molecular weight is 377 g/mol. The minimum atomic E-state index is -4.60. The third-order valence-electron chi connectivity index (χ3n) is 3.26. The largest absolute Gasteiger partial charge is 0.416 e. The van der Waals surface area contributed by atoms with E-state index in [1.54, 1.807) is 13.0 Å². The Labute approximate surface area is 143 Å². The molecule has 0 saturated heterocycles. The van der Waals surface area contributed by atoms with Gasteiger partial charge in [0.1, 0.15) is 16.0 Å². The summed E-state index contributed by atoms with van der Waals surface area (Å²) >= 11 is 11.8. The van der Waals surface area contributed by atoms with Gasteiger partial charge in [-0.25, -0.2) is 9.67 Å². The van der Waals surface area contributed by atoms with E-state index in [0.29, 0.717) is 16.9 Å². The Bertz CT molecular complexity index is 994. The summed E-state index contributed by atoms with van der Waals surface area (Å²) in [6, 6.07) is 4.26. The molecule has 0 unspecified atom stereocenters. The number of hydrogen-bond donors (Lipinski definition) is 0. The number of alkyl halides is 3. The van der Waals surface area contributed by atoms with Gasteiger partial charge in [-0.1, -0.05) is 23.2 Å². The number of hydrogen-bond acceptors (Lipinski definition) is 3. The van der Waals surface area contributed by atoms with E-state index in [4.69, 9.17) is 23.2 Å². The summed E-state index contributed by atoms with van der Waals surface area (Å²) in [5, 5.41) is 4.09. The van der Waals surface area contributed by atoms with Gasteiger partial charge >= 0.3 is 6.18 Å². The fourth-order valence-corrected chi connectivity index (χ4v) is 2.80. The molecular weight excluding hydrogens is 368 g/mol. The molecule has 0 spiro atoms. The second-order valence-electron chi connectivity index (χ2n) is 5.11. The number of rotatable bonds is 2. The summed E-state index contributed by atoms with van der Waals surface area (Å²) in [7, 11) is 0. The molecule has 3 aromatic rings. The van der Waals surface area contributed by atoms with E-state index in [0.717, 1.165) is 10.5 Å². The van der Waals surface area contributed by atoms with E-state index in [-0.39, 0.29) is 23.0 Å². The molecule has 0 amide bonds. The Balaban J connectivity index is 2.14. The zero-order valence-electron chi connectivity index (χ0n) is 12.1. The SMILES string of the molecule is Cc1cc(Cl)n(Cc2cc(=O)n3c(Cl)cc(C(F)(F)F)cc3n2)n1. The van der Waals surface area contributed by atoms with Gasteiger partial charge in [-0.05, 0) is 25.1 Å². The van der Waals surface area contributed by atoms with Gasteiger partial charge in [0, 0.05) is 6.07 Å². The standard InChI is InChI=1S/C14H9Cl2F3N4O/c1-7-2-10(15)22(21-7)6-9-5-13(24)23-11(16)3-8(14(17,18)19)4-12(23)20-9/h2-5H,6H2,1H3. The van der Waals surface area contributed by atoms with Gasteiger partial charge in [-0.3, -0.25) is 9.20 Å². The predicted octanol–water partition coefficient (Wildman–Crippen LogP) is 3.57. The van der Waals surface area contributed by atoms with Crippen molar-refractivity contribution in [3.05, 3.63) is 61.9 Å². The van der Waals surface area contributed by atoms with Crippen molar-refractivity contribution < 1.29 is 13.2 Å². The van der Waals surface area contributed by atoms with Gasteiger partial charge in [-0.2, -0.15) is 18.3 Å². The summed E-state index contributed by atoms with van der Waals surface area (Å²) in [6.07, 6.45) is -4.60. The molecule has 0 saturated carbocycles. The first kappa shape index (κ1) is 16.8. The number of pyridine rings is 1. The predicted molar refractivity (Wildman–Crippen MR) is 82.6 cm³/mol. The highest BCUT2D eigenvalue weighted by Gasteiger charge is 2.31. The van der Waals surface area contributed by atoms with E-state index in [1.165, 1.54) is 10.7 Å². The van der Waals surface area contributed by atoms with Crippen LogP contribution in [-0.4, -0.2) is 19.2 Å². The first-order valence-corrected chi connectivity index (χ1v) is 7.40. The lowest BCUT2D eigenvalue weighted by molar-refractivity contribution is -0.137. The molecule has 0 aliphatic carbocycles. The molecule has 0 aliphatic rings. The Morgan fingerprint density at radius 2 is 1.83 bits per heavy atom. The Kier molecular flexibility index (Phi) is 4.05. The lowest BCUT2D eigenvalue weighted by Crippen LogP contribution is -2.19. The summed E-state index contributed by atoms with van der Waals surface area (Å²) < 4.78 is 41.0. The third-order valence-corrected chi connectivity index (χ3v) is 3.85. The van der Waals surface area contributed by atoms with Crippen molar-refractivity contribution in [1.29, 1.82) is 0 Å². The summed E-state index contributed by atoms with van der Waals surface area (Å²) in [5.74, 6) is 0. The van der Waals surface area contributed by atoms with Gasteiger partial charge in [0.15, 0.2) is 0 Å². The molecule has 5 nitrogen and oxygen atoms in total. The third kappa shape index (κ3) is 3.11. The van der Waals surface area contributed by atoms with Crippen molar-refractivity contribution >= 4 is 28.8 Å². The number of nitrogens with zero attached hydrogens (tertiary/aromatic N) is 4. The van der Waals surface area contributed by atoms with Crippen LogP contribution in [0, 0.1) is 6.92 Å². The van der Waals surface area contributed by atoms with Gasteiger partial charge in [0.05, 0.1) is 23.5 Å². The van der Waals surface area contributed by atoms with Crippen LogP contribution in [0.3, 0.4) is 0 Å². The molecule has 126 valence electrons. The van der Waals surface area contributed by atoms with E-state index < -0.39 is 17.3 Å². The van der Waals surface area contributed by atoms with Crippen LogP contribution in [0.25, 0.3) is 5.65 Å². The van der Waals surface area contributed by atoms with E-state index in [1.807, 2.05) is 0 Å². The Morgan fingerprint density at radius 3 is 2.42 bits per heavy atom. The minimum absolute atomic E-state index is 0.0479. The fraction of sp³-hybridized carbons (Fsp3) is 0.214. The summed E-state index contributed by atoms with van der Waals surface area (Å²) in [6.45, 7) is 1.78. The van der Waals surface area contributed by atoms with Gasteiger partial charge in [0.25, 0.3) is 5.56 Å². The zero-order valence-corrected chi connectivity index (χ0v) is 13.6. The highest BCUT2D eigenvalue weighted by Crippen LogP contribution is 2.31. The van der Waals surface area contributed by atoms with Crippen LogP contribution < -0.4 is 5.56 Å². The molecule has 0 bridgehead atoms. The Morgan fingerprint density at radius 1 is 1.12 bits per heavy atom. The van der Waals surface area contributed by atoms with Crippen LogP contribution in [0.2, 0.25) is 10.3 Å². The van der Waals surface area contributed by atoms with Crippen molar-refractivity contribution in [1.82, 2.24) is 19.2 Å². The van der Waals surface area contributed by atoms with Gasteiger partial charge < -0.3 is 0 Å². The van der Waals surface area contributed by atoms with Crippen molar-refractivity contribution in [2.75, 3.05) is 0 Å². The quantitative estimate of drug-likeness (QED) is 0.642. The van der Waals surface area contributed by atoms with Crippen molar-refractivity contribution in [3.63, 3.8) is 0 Å². The van der Waals surface area contributed by atoms with Crippen LogP contribution >= 0.6 is 23.2 Å². The number of aromatic nitrogens is 4. The molecule has 0 aromatic carbocycles. The first-order valence-electron chi connectivity index (χ1n) is 6.64. The smallest absolute Gasteiger partial charge is 0.269 e. The topological polar surface area (TPSA) is 52.2 Å². The monoisotopic (exact) mass is 376 g/mol. The molecule has 3 heterocycles. The molecular formula is C14H9Cl2F3N4O. The van der Waals surface area contributed by atoms with Crippen molar-refractivity contribution in [2.45, 2.75) is 19.6 Å². The van der Waals surface area contributed by atoms with E-state index in [2.05, 4.69) is 10.1 Å². The maximum absolute atomic E-state index is 12.9. The second kappa shape index (κ2) is 5.78. The molecule has 0 N–H and O–H groups in total. The van der Waals surface area contributed by atoms with Crippen LogP contribution in [0.4, 0.5) is 13.2 Å². The molecule has 0 atom stereocenters. The van der Waals surface area contributed by atoms with Crippen LogP contribution in [0.1, 0.15) is 17.0 Å². The minimum Gasteiger partial charge on any atom is -0.269 e. The lowest BCUT2D eigenvalue weighted by Gasteiger charge is -2.11. The fourth-order valence-electron chi connectivity index (χ4n) is 2.26. The molecule has 24 heavy (non-hydrogen) atoms. The van der Waals surface area contributed by atoms with Gasteiger partial charge in [0.2, 0.25) is 0 Å². The van der Waals surface area contributed by atoms with Crippen molar-refractivity contribution in [3.8, 4) is 0 Å². The normalized spacial score (nSPS) is 12.1. The second-order valence-corrected chi connectivity index (χ2v) is 5.88. The number of halogens is 5. The maximum Gasteiger partial charge on any atom is 0.416 e. The number of fused-ring (bicyclic) bond motifs is 1. The molecule has 0 aliphatic heterocycles. The van der Waals surface area contributed by atoms with E-state index in [9.17, 15) is 18.0 Å². The Hall–Kier alpha value is -2.06. The van der Waals surface area contributed by atoms with Crippen LogP contribution in [0.5, 0.6) is 0 Å². The maximum atomic E-state index is 12.9. The molecule has 10 heteroatoms. The van der Waals surface area contributed by atoms with Crippen molar-refractivity contribution in [2.24, 2.45) is 0 Å². The molecule has 3 aromatic heterocycles. The van der Waals surface area contributed by atoms with Crippen LogP contribution in [0.15, 0.2) is 29.1 Å². The molecule has 0 radical (unpaired) electrons. The number of aryl methyl sites for hydroxylation is 1. The summed E-state index contributed by atoms with van der Waals surface area (Å²) in [4.78, 5) is 16.2. The molecule has 0 fully saturated rings. The summed E-state index contributed by atoms with van der Waals surface area (Å²) in [5.41, 5.74) is -0.879.